The number of ether oxygens (including phenoxy) is 3. The van der Waals surface area contributed by atoms with Crippen molar-refractivity contribution in [2.45, 2.75) is 49.0 Å². The van der Waals surface area contributed by atoms with Crippen LogP contribution in [0.3, 0.4) is 0 Å². The molecule has 0 aliphatic carbocycles. The summed E-state index contributed by atoms with van der Waals surface area (Å²) in [6, 6.07) is 0. The van der Waals surface area contributed by atoms with Gasteiger partial charge in [-0.3, -0.25) is 4.79 Å². The van der Waals surface area contributed by atoms with Crippen molar-refractivity contribution < 1.29 is 179 Å². The minimum Gasteiger partial charge on any atom is -1.00 e. The van der Waals surface area contributed by atoms with Crippen molar-refractivity contribution in [3.63, 3.8) is 0 Å². The van der Waals surface area contributed by atoms with Gasteiger partial charge in [0.1, 0.15) is 6.29 Å². The minimum absolute atomic E-state index is 0. The van der Waals surface area contributed by atoms with E-state index in [4.69, 9.17) is 25.1 Å². The number of carbonyl (C=O) groups is 2. The average Bonchev–Trinajstić information content (AvgIpc) is 3.15. The van der Waals surface area contributed by atoms with E-state index in [9.17, 15) is 0 Å². The first-order valence-electron chi connectivity index (χ1n) is 11.4. The van der Waals surface area contributed by atoms with Gasteiger partial charge in [-0.15, -0.1) is 17.0 Å². The van der Waals surface area contributed by atoms with Crippen molar-refractivity contribution in [3.8, 4) is 0 Å². The zero-order valence-electron chi connectivity index (χ0n) is 34.2. The van der Waals surface area contributed by atoms with Crippen LogP contribution in [0.25, 0.3) is 0 Å². The van der Waals surface area contributed by atoms with Gasteiger partial charge in [-0.05, 0) is 34.6 Å². The maximum Gasteiger partial charge on any atom is 1.00 e. The summed E-state index contributed by atoms with van der Waals surface area (Å²) in [4.78, 5) is 20.1. The van der Waals surface area contributed by atoms with E-state index in [1.54, 1.807) is 126 Å². The Hall–Kier alpha value is 9.26. The second-order valence-corrected chi connectivity index (χ2v) is 35.1. The van der Waals surface area contributed by atoms with Crippen molar-refractivity contribution in [1.29, 1.82) is 0 Å². The quantitative estimate of drug-likeness (QED) is 0.0910. The number of alkyl halides is 1. The van der Waals surface area contributed by atoms with E-state index in [2.05, 4.69) is 102 Å². The summed E-state index contributed by atoms with van der Waals surface area (Å²) < 4.78 is 13.6. The molecule has 0 aliphatic rings. The van der Waals surface area contributed by atoms with Gasteiger partial charge in [0, 0.05) is 287 Å². The topological polar surface area (TPSA) is 135 Å². The summed E-state index contributed by atoms with van der Waals surface area (Å²) in [6.07, 6.45) is 0.750. The molecule has 0 aromatic carbocycles. The molecule has 0 spiro atoms. The van der Waals surface area contributed by atoms with Crippen molar-refractivity contribution in [1.82, 2.24) is 0 Å². The van der Waals surface area contributed by atoms with Gasteiger partial charge >= 0.3 is 132 Å². The molecule has 0 aliphatic heterocycles. The first-order valence-corrected chi connectivity index (χ1v) is 39.2. The Bertz CT molecular complexity index is 1260. The number of methoxy groups -OCH3 is 3. The standard InChI is InChI=1S/3C3H8O.C2H5Br.C2H6O.C2H4O.CH2O3.CH4O.CH4.B.BrH.2K.Na.S10.S9.S4.2H/c3*1-3-4-2;3*1-2-3;2-1-4-3;1-2;;;;;;;1-3-5-7-9-10-8-6-4-2;1-3-5-7-9-8-6-4-2;1-3-4-2;;/h3*3H2,1-2H3;2H2,1H3;3H,2H2,1H3;2H,1H3;1,3H;2H,1H3;1H4;;1H;;;;;;;;/q;;;;;;;;;;;3*+1;;;;2*-1/p-1. The Morgan fingerprint density at radius 1 is 0.607 bits per heavy atom. The zero-order valence-corrected chi connectivity index (χ0v) is 62.5. The summed E-state index contributed by atoms with van der Waals surface area (Å²) in [5.41, 5.74) is 0. The molecule has 2 N–H and O–H groups in total. The molecule has 56 heavy (non-hydrogen) atoms. The summed E-state index contributed by atoms with van der Waals surface area (Å²) in [5.74, 6) is 0. The van der Waals surface area contributed by atoms with Crippen LogP contribution >= 0.6 is 32.9 Å². The predicted molar refractivity (Wildman–Crippen MR) is 306 cm³/mol. The molecule has 0 amide bonds. The number of hydrogen-bond acceptors (Lipinski definition) is 15. The Morgan fingerprint density at radius 2 is 0.714 bits per heavy atom. The molecule has 0 aromatic rings. The second kappa shape index (κ2) is 185. The van der Waals surface area contributed by atoms with Crippen LogP contribution in [-0.2, 0) is 247 Å². The smallest absolute Gasteiger partial charge is 1.00 e. The number of hydrogen-bond donors (Lipinski definition) is 2. The Balaban J connectivity index is -0.0000000173. The number of rotatable bonds is 4. The van der Waals surface area contributed by atoms with Gasteiger partial charge in [0.2, 0.25) is 0 Å². The van der Waals surface area contributed by atoms with E-state index >= 15 is 0 Å². The minimum atomic E-state index is -0.181. The number of aldehydes is 1. The van der Waals surface area contributed by atoms with Gasteiger partial charge in [-0.25, -0.2) is 0 Å². The molecular formula is C18H51BBr2K2NaO9S23. The molecule has 335 valence electrons. The summed E-state index contributed by atoms with van der Waals surface area (Å²) in [7, 11) is 32.0. The number of aliphatic hydroxyl groups is 2. The van der Waals surface area contributed by atoms with Crippen LogP contribution in [0.1, 0.15) is 51.8 Å². The second-order valence-electron chi connectivity index (χ2n) is 3.90. The van der Waals surface area contributed by atoms with Crippen LogP contribution < -0.4 is 138 Å². The van der Waals surface area contributed by atoms with Crippen LogP contribution in [0.5, 0.6) is 0 Å². The fourth-order valence-corrected chi connectivity index (χ4v) is 30.3. The van der Waals surface area contributed by atoms with E-state index in [0.29, 0.717) is 0 Å². The van der Waals surface area contributed by atoms with Gasteiger partial charge in [-0.2, -0.15) is 0 Å². The third kappa shape index (κ3) is 330. The Morgan fingerprint density at radius 3 is 0.768 bits per heavy atom. The normalized spacial score (nSPS) is 5.61. The molecule has 0 saturated carbocycles. The number of halogens is 2. The predicted octanol–water partition coefficient (Wildman–Crippen LogP) is -6.38. The van der Waals surface area contributed by atoms with Crippen LogP contribution in [0.4, 0.5) is 0 Å². The van der Waals surface area contributed by atoms with Gasteiger partial charge in [-0.1, -0.05) is 30.3 Å². The number of aliphatic hydroxyl groups excluding tert-OH is 2. The fourth-order valence-electron chi connectivity index (χ4n) is 0.125. The molecule has 38 heteroatoms. The largest absolute Gasteiger partial charge is 1.00 e. The SMILES string of the molecule is Br.C.CC=O.CCBr.CCO.CCOC.CCOC.CCOC.CO.O=CO[O-].S=S=S=S.S=S=S=S=S=S=S=S=S.S=S=S=S=S=S=S=S=S=S.[B].[H-].[H-].[K+].[K+].[Na+]. The number of carbonyl (C=O) groups excluding carboxylic acids is 2. The summed E-state index contributed by atoms with van der Waals surface area (Å²) >= 11 is 30.4. The first-order chi connectivity index (χ1) is 24.1. The average molecular weight is 1420 g/mol. The molecule has 0 rings (SSSR count). The van der Waals surface area contributed by atoms with Crippen molar-refractivity contribution in [2.75, 3.05) is 60.2 Å². The fraction of sp³-hybridized carbons (Fsp3) is 0.889. The molecular weight excluding hydrogens is 1370 g/mol. The van der Waals surface area contributed by atoms with Gasteiger partial charge in [0.05, 0.1) is 0 Å². The third-order valence-electron chi connectivity index (χ3n) is 1.29. The van der Waals surface area contributed by atoms with E-state index < -0.39 is 0 Å². The van der Waals surface area contributed by atoms with E-state index in [1.165, 1.54) is 60.2 Å². The van der Waals surface area contributed by atoms with Crippen molar-refractivity contribution in [2.24, 2.45) is 0 Å². The molecule has 0 saturated heterocycles. The molecule has 0 bridgehead atoms. The third-order valence-corrected chi connectivity index (χ3v) is 32.4. The van der Waals surface area contributed by atoms with E-state index in [0.717, 1.165) is 38.5 Å². The van der Waals surface area contributed by atoms with Crippen LogP contribution in [0.2, 0.25) is 0 Å². The molecule has 3 radical (unpaired) electrons. The summed E-state index contributed by atoms with van der Waals surface area (Å²) in [6.45, 7) is 13.6. The maximum atomic E-state index is 8.81. The van der Waals surface area contributed by atoms with Gasteiger partial charge in [0.25, 0.3) is 6.47 Å². The summed E-state index contributed by atoms with van der Waals surface area (Å²) in [5, 5.41) is 24.1. The van der Waals surface area contributed by atoms with E-state index in [1.807, 2.05) is 27.7 Å². The molecule has 0 unspecified atom stereocenters. The zero-order chi connectivity index (χ0) is 41.8. The van der Waals surface area contributed by atoms with Crippen LogP contribution in [0.15, 0.2) is 0 Å². The Labute approximate surface area is 547 Å². The molecule has 9 nitrogen and oxygen atoms in total. The first kappa shape index (κ1) is 116. The molecule has 0 atom stereocenters. The van der Waals surface area contributed by atoms with Crippen LogP contribution in [-0.4, -0.2) is 91.6 Å². The molecule has 0 fully saturated rings. The van der Waals surface area contributed by atoms with Gasteiger partial charge in [0.15, 0.2) is 0 Å². The molecule has 0 heterocycles. The Kier molecular flexibility index (Phi) is 383. The maximum absolute atomic E-state index is 8.81. The van der Waals surface area contributed by atoms with Crippen molar-refractivity contribution >= 4 is 272 Å². The van der Waals surface area contributed by atoms with E-state index in [-0.39, 0.29) is 181 Å². The van der Waals surface area contributed by atoms with Crippen molar-refractivity contribution in [3.05, 3.63) is 0 Å². The molecule has 0 aromatic heterocycles. The monoisotopic (exact) mass is 1420 g/mol. The van der Waals surface area contributed by atoms with Gasteiger partial charge < -0.3 is 42.2 Å². The van der Waals surface area contributed by atoms with Crippen LogP contribution in [0, 0.1) is 0 Å².